The van der Waals surface area contributed by atoms with Crippen molar-refractivity contribution in [2.75, 3.05) is 35.7 Å². The van der Waals surface area contributed by atoms with E-state index in [1.54, 1.807) is 0 Å². The summed E-state index contributed by atoms with van der Waals surface area (Å²) in [6.45, 7) is 4.92. The van der Waals surface area contributed by atoms with E-state index in [9.17, 15) is 0 Å². The molecule has 0 amide bonds. The van der Waals surface area contributed by atoms with Crippen LogP contribution in [-0.2, 0) is 6.54 Å². The van der Waals surface area contributed by atoms with Gasteiger partial charge in [-0.1, -0.05) is 12.1 Å². The predicted molar refractivity (Wildman–Crippen MR) is 107 cm³/mol. The van der Waals surface area contributed by atoms with Gasteiger partial charge in [0.15, 0.2) is 0 Å². The van der Waals surface area contributed by atoms with Crippen molar-refractivity contribution in [2.45, 2.75) is 26.3 Å². The summed E-state index contributed by atoms with van der Waals surface area (Å²) >= 11 is 0. The molecule has 134 valence electrons. The van der Waals surface area contributed by atoms with E-state index >= 15 is 0 Å². The molecule has 3 heterocycles. The Bertz CT molecular complexity index is 917. The summed E-state index contributed by atoms with van der Waals surface area (Å²) in [5.41, 5.74) is 3.17. The van der Waals surface area contributed by atoms with Crippen molar-refractivity contribution in [1.29, 1.82) is 0 Å². The summed E-state index contributed by atoms with van der Waals surface area (Å²) in [5.74, 6) is 2.54. The third-order valence-electron chi connectivity index (χ3n) is 4.72. The van der Waals surface area contributed by atoms with Gasteiger partial charge in [0, 0.05) is 37.8 Å². The van der Waals surface area contributed by atoms with Crippen LogP contribution in [0.15, 0.2) is 36.4 Å². The largest absolute Gasteiger partial charge is 0.372 e. The summed E-state index contributed by atoms with van der Waals surface area (Å²) in [7, 11) is 1.88. The third kappa shape index (κ3) is 3.40. The van der Waals surface area contributed by atoms with Gasteiger partial charge in [0.2, 0.25) is 5.95 Å². The van der Waals surface area contributed by atoms with E-state index in [1.807, 2.05) is 31.3 Å². The average molecular weight is 348 g/mol. The highest BCUT2D eigenvalue weighted by atomic mass is 15.2. The SMILES string of the molecule is CNc1nc(NCc2cc(C)nc(N3CCCC3)c2)nc2ccccc12. The van der Waals surface area contributed by atoms with E-state index in [0.29, 0.717) is 12.5 Å². The number of aromatic nitrogens is 3. The molecule has 26 heavy (non-hydrogen) atoms. The molecule has 0 bridgehead atoms. The van der Waals surface area contributed by atoms with Crippen LogP contribution in [0.25, 0.3) is 10.9 Å². The Morgan fingerprint density at radius 1 is 1.04 bits per heavy atom. The summed E-state index contributed by atoms with van der Waals surface area (Å²) in [5, 5.41) is 7.55. The number of nitrogens with zero attached hydrogens (tertiary/aromatic N) is 4. The average Bonchev–Trinajstić information content (AvgIpc) is 3.20. The third-order valence-corrected chi connectivity index (χ3v) is 4.72. The van der Waals surface area contributed by atoms with Crippen LogP contribution in [0.1, 0.15) is 24.1 Å². The standard InChI is InChI=1S/C20H24N6/c1-14-11-15(12-18(23-14)26-9-5-6-10-26)13-22-20-24-17-8-4-3-7-16(17)19(21-2)25-20/h3-4,7-8,11-12H,5-6,9-10,13H2,1-2H3,(H2,21,22,24,25). The molecule has 3 aromatic rings. The van der Waals surface area contributed by atoms with Gasteiger partial charge in [0.05, 0.1) is 5.52 Å². The number of anilines is 3. The maximum atomic E-state index is 4.70. The highest BCUT2D eigenvalue weighted by molar-refractivity contribution is 5.89. The molecule has 4 rings (SSSR count). The van der Waals surface area contributed by atoms with Gasteiger partial charge < -0.3 is 15.5 Å². The molecular weight excluding hydrogens is 324 g/mol. The minimum absolute atomic E-state index is 0.630. The van der Waals surface area contributed by atoms with Gasteiger partial charge in [0.1, 0.15) is 11.6 Å². The highest BCUT2D eigenvalue weighted by Gasteiger charge is 2.14. The number of aryl methyl sites for hydroxylation is 1. The highest BCUT2D eigenvalue weighted by Crippen LogP contribution is 2.23. The van der Waals surface area contributed by atoms with Crippen molar-refractivity contribution in [1.82, 2.24) is 15.0 Å². The second-order valence-electron chi connectivity index (χ2n) is 6.69. The van der Waals surface area contributed by atoms with Gasteiger partial charge in [-0.25, -0.2) is 9.97 Å². The van der Waals surface area contributed by atoms with Crippen LogP contribution in [0.4, 0.5) is 17.6 Å². The monoisotopic (exact) mass is 348 g/mol. The van der Waals surface area contributed by atoms with Crippen LogP contribution in [-0.4, -0.2) is 35.1 Å². The molecule has 0 aliphatic carbocycles. The Balaban J connectivity index is 1.56. The second-order valence-corrected chi connectivity index (χ2v) is 6.69. The van der Waals surface area contributed by atoms with E-state index in [-0.39, 0.29) is 0 Å². The van der Waals surface area contributed by atoms with Gasteiger partial charge in [-0.15, -0.1) is 0 Å². The number of pyridine rings is 1. The quantitative estimate of drug-likeness (QED) is 0.735. The smallest absolute Gasteiger partial charge is 0.225 e. The zero-order chi connectivity index (χ0) is 17.9. The molecule has 1 aliphatic rings. The van der Waals surface area contributed by atoms with Gasteiger partial charge in [-0.2, -0.15) is 4.98 Å². The normalized spacial score (nSPS) is 14.0. The molecule has 0 atom stereocenters. The minimum Gasteiger partial charge on any atom is -0.372 e. The first-order valence-electron chi connectivity index (χ1n) is 9.14. The number of nitrogens with one attached hydrogen (secondary N) is 2. The number of benzene rings is 1. The van der Waals surface area contributed by atoms with Crippen molar-refractivity contribution in [2.24, 2.45) is 0 Å². The molecule has 6 nitrogen and oxygen atoms in total. The fraction of sp³-hybridized carbons (Fsp3) is 0.350. The van der Waals surface area contributed by atoms with Crippen LogP contribution in [0.2, 0.25) is 0 Å². The zero-order valence-corrected chi connectivity index (χ0v) is 15.3. The summed E-state index contributed by atoms with van der Waals surface area (Å²) in [4.78, 5) is 16.3. The van der Waals surface area contributed by atoms with Gasteiger partial charge in [-0.3, -0.25) is 0 Å². The van der Waals surface area contributed by atoms with Crippen molar-refractivity contribution in [3.8, 4) is 0 Å². The first-order chi connectivity index (χ1) is 12.7. The number of hydrogen-bond acceptors (Lipinski definition) is 6. The Morgan fingerprint density at radius 3 is 2.65 bits per heavy atom. The number of rotatable bonds is 5. The molecule has 1 saturated heterocycles. The molecule has 2 aromatic heterocycles. The molecule has 0 unspecified atom stereocenters. The Morgan fingerprint density at radius 2 is 1.85 bits per heavy atom. The lowest BCUT2D eigenvalue weighted by atomic mass is 10.2. The van der Waals surface area contributed by atoms with Gasteiger partial charge in [-0.05, 0) is 49.6 Å². The van der Waals surface area contributed by atoms with Crippen molar-refractivity contribution in [3.05, 3.63) is 47.7 Å². The fourth-order valence-electron chi connectivity index (χ4n) is 3.46. The molecular formula is C20H24N6. The molecule has 1 aromatic carbocycles. The maximum Gasteiger partial charge on any atom is 0.225 e. The van der Waals surface area contributed by atoms with E-state index in [0.717, 1.165) is 41.3 Å². The van der Waals surface area contributed by atoms with Gasteiger partial charge in [0.25, 0.3) is 0 Å². The van der Waals surface area contributed by atoms with Crippen LogP contribution in [0.3, 0.4) is 0 Å². The zero-order valence-electron chi connectivity index (χ0n) is 15.3. The second kappa shape index (κ2) is 7.15. The lowest BCUT2D eigenvalue weighted by Gasteiger charge is -2.18. The molecule has 2 N–H and O–H groups in total. The topological polar surface area (TPSA) is 66.0 Å². The van der Waals surface area contributed by atoms with E-state index < -0.39 is 0 Å². The lowest BCUT2D eigenvalue weighted by Crippen LogP contribution is -2.19. The lowest BCUT2D eigenvalue weighted by molar-refractivity contribution is 0.921. The van der Waals surface area contributed by atoms with Crippen molar-refractivity contribution in [3.63, 3.8) is 0 Å². The van der Waals surface area contributed by atoms with Crippen LogP contribution < -0.4 is 15.5 Å². The number of fused-ring (bicyclic) bond motifs is 1. The molecule has 1 fully saturated rings. The number of para-hydroxylation sites is 1. The minimum atomic E-state index is 0.630. The van der Waals surface area contributed by atoms with E-state index in [1.165, 1.54) is 18.4 Å². The first-order valence-corrected chi connectivity index (χ1v) is 9.14. The van der Waals surface area contributed by atoms with Crippen LogP contribution in [0.5, 0.6) is 0 Å². The summed E-state index contributed by atoms with van der Waals surface area (Å²) in [6, 6.07) is 12.3. The number of hydrogen-bond donors (Lipinski definition) is 2. The summed E-state index contributed by atoms with van der Waals surface area (Å²) in [6.07, 6.45) is 2.50. The fourth-order valence-corrected chi connectivity index (χ4v) is 3.46. The van der Waals surface area contributed by atoms with Crippen LogP contribution >= 0.6 is 0 Å². The van der Waals surface area contributed by atoms with Gasteiger partial charge >= 0.3 is 0 Å². The maximum absolute atomic E-state index is 4.70. The van der Waals surface area contributed by atoms with Crippen molar-refractivity contribution < 1.29 is 0 Å². The molecule has 1 aliphatic heterocycles. The van der Waals surface area contributed by atoms with Crippen molar-refractivity contribution >= 4 is 28.5 Å². The van der Waals surface area contributed by atoms with E-state index in [2.05, 4.69) is 44.6 Å². The molecule has 0 spiro atoms. The Labute approximate surface area is 153 Å². The Kier molecular flexibility index (Phi) is 4.56. The molecule has 6 heteroatoms. The molecule has 0 radical (unpaired) electrons. The van der Waals surface area contributed by atoms with E-state index in [4.69, 9.17) is 4.98 Å². The predicted octanol–water partition coefficient (Wildman–Crippen LogP) is 3.59. The first kappa shape index (κ1) is 16.6. The van der Waals surface area contributed by atoms with Crippen LogP contribution in [0, 0.1) is 6.92 Å². The summed E-state index contributed by atoms with van der Waals surface area (Å²) < 4.78 is 0. The Hall–Kier alpha value is -2.89. The molecule has 0 saturated carbocycles.